The average Bonchev–Trinajstić information content (AvgIpc) is 2.15. The van der Waals surface area contributed by atoms with E-state index in [1.54, 1.807) is 6.20 Å². The number of anilines is 2. The van der Waals surface area contributed by atoms with E-state index in [1.165, 1.54) is 0 Å². The van der Waals surface area contributed by atoms with Crippen LogP contribution in [0.3, 0.4) is 0 Å². The van der Waals surface area contributed by atoms with Gasteiger partial charge in [-0.25, -0.2) is 4.98 Å². The maximum Gasteiger partial charge on any atom is 0.131 e. The van der Waals surface area contributed by atoms with Crippen LogP contribution >= 0.6 is 0 Å². The number of ether oxygens (including phenoxy) is 1. The van der Waals surface area contributed by atoms with Gasteiger partial charge in [0.1, 0.15) is 5.82 Å². The summed E-state index contributed by atoms with van der Waals surface area (Å²) in [7, 11) is 0. The topological polar surface area (TPSA) is 51.4 Å². The summed E-state index contributed by atoms with van der Waals surface area (Å²) >= 11 is 0. The van der Waals surface area contributed by atoms with Gasteiger partial charge in [-0.05, 0) is 32.4 Å². The van der Waals surface area contributed by atoms with Gasteiger partial charge in [0.25, 0.3) is 0 Å². The first-order valence-corrected chi connectivity index (χ1v) is 5.69. The molecule has 0 bridgehead atoms. The van der Waals surface area contributed by atoms with E-state index >= 15 is 0 Å². The summed E-state index contributed by atoms with van der Waals surface area (Å²) in [6.07, 6.45) is 2.22. The Balaban J connectivity index is 2.23. The molecule has 1 aromatic heterocycles. The molecular formula is C12H19N3O. The van der Waals surface area contributed by atoms with Crippen molar-refractivity contribution in [3.8, 4) is 0 Å². The predicted octanol–water partition coefficient (Wildman–Crippen LogP) is 1.59. The van der Waals surface area contributed by atoms with Gasteiger partial charge >= 0.3 is 0 Å². The van der Waals surface area contributed by atoms with Gasteiger partial charge < -0.3 is 15.4 Å². The molecule has 4 heteroatoms. The Labute approximate surface area is 96.4 Å². The number of aromatic nitrogens is 1. The molecule has 1 saturated heterocycles. The molecule has 4 nitrogen and oxygen atoms in total. The maximum atomic E-state index is 5.71. The van der Waals surface area contributed by atoms with Crippen LogP contribution in [0.5, 0.6) is 0 Å². The molecule has 2 rings (SSSR count). The highest BCUT2D eigenvalue weighted by atomic mass is 16.5. The molecule has 1 fully saturated rings. The molecule has 2 N–H and O–H groups in total. The lowest BCUT2D eigenvalue weighted by Crippen LogP contribution is -2.46. The molecule has 1 aromatic rings. The molecule has 1 aliphatic rings. The zero-order valence-electron chi connectivity index (χ0n) is 10.1. The zero-order chi connectivity index (χ0) is 11.7. The average molecular weight is 221 g/mol. The summed E-state index contributed by atoms with van der Waals surface area (Å²) in [4.78, 5) is 6.69. The van der Waals surface area contributed by atoms with E-state index < -0.39 is 0 Å². The summed E-state index contributed by atoms with van der Waals surface area (Å²) in [6, 6.07) is 1.97. The third kappa shape index (κ3) is 2.27. The third-order valence-corrected chi connectivity index (χ3v) is 2.79. The predicted molar refractivity (Wildman–Crippen MR) is 65.6 cm³/mol. The van der Waals surface area contributed by atoms with Crippen molar-refractivity contribution < 1.29 is 4.74 Å². The Morgan fingerprint density at radius 3 is 2.56 bits per heavy atom. The van der Waals surface area contributed by atoms with Crippen LogP contribution in [0.25, 0.3) is 0 Å². The lowest BCUT2D eigenvalue weighted by Gasteiger charge is -2.36. The SMILES string of the molecule is Cc1cc(N)cnc1N1CC(C)OC(C)C1. The minimum absolute atomic E-state index is 0.252. The van der Waals surface area contributed by atoms with Crippen molar-refractivity contribution in [1.29, 1.82) is 0 Å². The largest absolute Gasteiger partial charge is 0.397 e. The summed E-state index contributed by atoms with van der Waals surface area (Å²) in [6.45, 7) is 8.01. The molecule has 2 heterocycles. The number of hydrogen-bond donors (Lipinski definition) is 1. The molecule has 88 valence electrons. The van der Waals surface area contributed by atoms with E-state index in [4.69, 9.17) is 10.5 Å². The normalized spacial score (nSPS) is 25.8. The number of nitrogens with two attached hydrogens (primary N) is 1. The minimum atomic E-state index is 0.252. The van der Waals surface area contributed by atoms with E-state index in [0.29, 0.717) is 0 Å². The highest BCUT2D eigenvalue weighted by molar-refractivity contribution is 5.53. The Morgan fingerprint density at radius 1 is 1.38 bits per heavy atom. The quantitative estimate of drug-likeness (QED) is 0.782. The lowest BCUT2D eigenvalue weighted by molar-refractivity contribution is -0.00548. The van der Waals surface area contributed by atoms with Crippen LogP contribution in [0.15, 0.2) is 12.3 Å². The number of rotatable bonds is 1. The van der Waals surface area contributed by atoms with Crippen molar-refractivity contribution in [3.63, 3.8) is 0 Å². The van der Waals surface area contributed by atoms with Crippen LogP contribution in [0.2, 0.25) is 0 Å². The highest BCUT2D eigenvalue weighted by Crippen LogP contribution is 2.22. The molecule has 2 atom stereocenters. The zero-order valence-corrected chi connectivity index (χ0v) is 10.1. The van der Waals surface area contributed by atoms with Gasteiger partial charge in [0.05, 0.1) is 24.1 Å². The molecule has 0 saturated carbocycles. The fourth-order valence-electron chi connectivity index (χ4n) is 2.27. The second-order valence-electron chi connectivity index (χ2n) is 4.57. The van der Waals surface area contributed by atoms with Crippen molar-refractivity contribution in [2.24, 2.45) is 0 Å². The number of aryl methyl sites for hydroxylation is 1. The van der Waals surface area contributed by atoms with Gasteiger partial charge in [-0.3, -0.25) is 0 Å². The molecule has 0 radical (unpaired) electrons. The van der Waals surface area contributed by atoms with Crippen LogP contribution < -0.4 is 10.6 Å². The smallest absolute Gasteiger partial charge is 0.131 e. The fourth-order valence-corrected chi connectivity index (χ4v) is 2.27. The maximum absolute atomic E-state index is 5.71. The second kappa shape index (κ2) is 4.29. The molecule has 0 aromatic carbocycles. The molecule has 16 heavy (non-hydrogen) atoms. The number of nitrogens with zero attached hydrogens (tertiary/aromatic N) is 2. The van der Waals surface area contributed by atoms with Crippen LogP contribution in [-0.4, -0.2) is 30.3 Å². The summed E-state index contributed by atoms with van der Waals surface area (Å²) in [5.74, 6) is 1.02. The van der Waals surface area contributed by atoms with E-state index in [2.05, 4.69) is 23.7 Å². The molecule has 0 amide bonds. The highest BCUT2D eigenvalue weighted by Gasteiger charge is 2.23. The third-order valence-electron chi connectivity index (χ3n) is 2.79. The monoisotopic (exact) mass is 221 g/mol. The standard InChI is InChI=1S/C12H19N3O/c1-8-4-11(13)5-14-12(8)15-6-9(2)16-10(3)7-15/h4-5,9-10H,6-7,13H2,1-3H3. The van der Waals surface area contributed by atoms with Gasteiger partial charge in [-0.2, -0.15) is 0 Å². The van der Waals surface area contributed by atoms with Gasteiger partial charge in [-0.15, -0.1) is 0 Å². The van der Waals surface area contributed by atoms with Crippen molar-refractivity contribution in [3.05, 3.63) is 17.8 Å². The fraction of sp³-hybridized carbons (Fsp3) is 0.583. The van der Waals surface area contributed by atoms with Gasteiger partial charge in [0, 0.05) is 13.1 Å². The Kier molecular flexibility index (Phi) is 3.01. The molecule has 0 aliphatic carbocycles. The number of nitrogen functional groups attached to an aromatic ring is 1. The second-order valence-corrected chi connectivity index (χ2v) is 4.57. The van der Waals surface area contributed by atoms with Crippen LogP contribution in [0.1, 0.15) is 19.4 Å². The van der Waals surface area contributed by atoms with Crippen molar-refractivity contribution in [1.82, 2.24) is 4.98 Å². The Bertz CT molecular complexity index is 371. The van der Waals surface area contributed by atoms with Crippen LogP contribution in [0.4, 0.5) is 11.5 Å². The van der Waals surface area contributed by atoms with Gasteiger partial charge in [-0.1, -0.05) is 0 Å². The van der Waals surface area contributed by atoms with E-state index in [0.717, 1.165) is 30.2 Å². The van der Waals surface area contributed by atoms with Crippen LogP contribution in [0, 0.1) is 6.92 Å². The molecule has 2 unspecified atom stereocenters. The first-order chi connectivity index (χ1) is 7.56. The molecular weight excluding hydrogens is 202 g/mol. The minimum Gasteiger partial charge on any atom is -0.397 e. The van der Waals surface area contributed by atoms with E-state index in [-0.39, 0.29) is 12.2 Å². The van der Waals surface area contributed by atoms with E-state index in [1.807, 2.05) is 13.0 Å². The lowest BCUT2D eigenvalue weighted by atomic mass is 10.2. The summed E-state index contributed by atoms with van der Waals surface area (Å²) in [5, 5.41) is 0. The van der Waals surface area contributed by atoms with Gasteiger partial charge in [0.15, 0.2) is 0 Å². The Hall–Kier alpha value is -1.29. The number of hydrogen-bond acceptors (Lipinski definition) is 4. The van der Waals surface area contributed by atoms with E-state index in [9.17, 15) is 0 Å². The Morgan fingerprint density at radius 2 is 2.00 bits per heavy atom. The van der Waals surface area contributed by atoms with Gasteiger partial charge in [0.2, 0.25) is 0 Å². The van der Waals surface area contributed by atoms with Crippen LogP contribution in [-0.2, 0) is 4.74 Å². The van der Waals surface area contributed by atoms with Crippen molar-refractivity contribution >= 4 is 11.5 Å². The summed E-state index contributed by atoms with van der Waals surface area (Å²) < 4.78 is 5.71. The first-order valence-electron chi connectivity index (χ1n) is 5.69. The number of pyridine rings is 1. The number of morpholine rings is 1. The summed E-state index contributed by atoms with van der Waals surface area (Å²) in [5.41, 5.74) is 7.55. The van der Waals surface area contributed by atoms with Crippen molar-refractivity contribution in [2.75, 3.05) is 23.7 Å². The van der Waals surface area contributed by atoms with Crippen molar-refractivity contribution in [2.45, 2.75) is 33.0 Å². The molecule has 1 aliphatic heterocycles. The molecule has 0 spiro atoms. The first kappa shape index (κ1) is 11.2.